The van der Waals surface area contributed by atoms with Crippen LogP contribution in [-0.2, 0) is 9.53 Å². The topological polar surface area (TPSA) is 64.3 Å². The number of hydrogen-bond donors (Lipinski definition) is 2. The molecule has 0 fully saturated rings. The molecule has 5 heteroatoms. The van der Waals surface area contributed by atoms with Crippen LogP contribution in [0.4, 0.5) is 0 Å². The Balaban J connectivity index is 0.00000264. The summed E-state index contributed by atoms with van der Waals surface area (Å²) in [6.07, 6.45) is 0. The van der Waals surface area contributed by atoms with Gasteiger partial charge in [-0.25, -0.2) is 0 Å². The molecule has 0 aromatic heterocycles. The Labute approximate surface area is 143 Å². The highest BCUT2D eigenvalue weighted by Crippen LogP contribution is 2.21. The molecule has 0 radical (unpaired) electrons. The molecule has 2 unspecified atom stereocenters. The van der Waals surface area contributed by atoms with E-state index in [0.717, 1.165) is 11.1 Å². The molecule has 23 heavy (non-hydrogen) atoms. The molecule has 1 amide bonds. The lowest BCUT2D eigenvalue weighted by Gasteiger charge is -2.18. The van der Waals surface area contributed by atoms with Crippen molar-refractivity contribution in [3.05, 3.63) is 60.2 Å². The van der Waals surface area contributed by atoms with E-state index in [1.807, 2.05) is 37.3 Å². The summed E-state index contributed by atoms with van der Waals surface area (Å²) in [6, 6.07) is 17.6. The van der Waals surface area contributed by atoms with Gasteiger partial charge in [-0.1, -0.05) is 54.6 Å². The van der Waals surface area contributed by atoms with Crippen LogP contribution >= 0.6 is 12.4 Å². The Morgan fingerprint density at radius 3 is 2.22 bits per heavy atom. The summed E-state index contributed by atoms with van der Waals surface area (Å²) in [7, 11) is 1.53. The summed E-state index contributed by atoms with van der Waals surface area (Å²) in [6.45, 7) is 2.15. The van der Waals surface area contributed by atoms with E-state index in [1.54, 1.807) is 0 Å². The largest absolute Gasteiger partial charge is 0.383 e. The van der Waals surface area contributed by atoms with Crippen LogP contribution < -0.4 is 11.1 Å². The van der Waals surface area contributed by atoms with E-state index in [9.17, 15) is 4.79 Å². The van der Waals surface area contributed by atoms with Gasteiger partial charge in [0.05, 0.1) is 12.6 Å². The van der Waals surface area contributed by atoms with E-state index in [2.05, 4.69) is 29.6 Å². The van der Waals surface area contributed by atoms with Gasteiger partial charge in [0.2, 0.25) is 5.91 Å². The van der Waals surface area contributed by atoms with Crippen LogP contribution in [0.1, 0.15) is 18.5 Å². The van der Waals surface area contributed by atoms with Crippen molar-refractivity contribution in [1.82, 2.24) is 5.32 Å². The number of ether oxygens (including phenoxy) is 1. The monoisotopic (exact) mass is 334 g/mol. The van der Waals surface area contributed by atoms with Crippen molar-refractivity contribution >= 4 is 18.3 Å². The maximum absolute atomic E-state index is 11.9. The van der Waals surface area contributed by atoms with Crippen molar-refractivity contribution in [3.8, 4) is 11.1 Å². The number of hydrogen-bond acceptors (Lipinski definition) is 3. The fourth-order valence-electron chi connectivity index (χ4n) is 2.25. The molecule has 0 saturated heterocycles. The fourth-order valence-corrected chi connectivity index (χ4v) is 2.25. The van der Waals surface area contributed by atoms with E-state index in [1.165, 1.54) is 12.7 Å². The third-order valence-electron chi connectivity index (χ3n) is 3.56. The van der Waals surface area contributed by atoms with E-state index < -0.39 is 6.04 Å². The average molecular weight is 335 g/mol. The highest BCUT2D eigenvalue weighted by Gasteiger charge is 2.16. The molecular weight excluding hydrogens is 312 g/mol. The molecule has 124 valence electrons. The fraction of sp³-hybridized carbons (Fsp3) is 0.278. The van der Waals surface area contributed by atoms with Crippen LogP contribution in [0.15, 0.2) is 54.6 Å². The first-order valence-corrected chi connectivity index (χ1v) is 7.32. The van der Waals surface area contributed by atoms with Gasteiger partial charge in [0.15, 0.2) is 0 Å². The predicted molar refractivity (Wildman–Crippen MR) is 95.5 cm³/mol. The first-order chi connectivity index (χ1) is 10.6. The number of nitrogens with two attached hydrogens (primary N) is 1. The van der Waals surface area contributed by atoms with Gasteiger partial charge in [-0.05, 0) is 23.6 Å². The van der Waals surface area contributed by atoms with Crippen molar-refractivity contribution < 1.29 is 9.53 Å². The molecule has 2 aromatic rings. The zero-order chi connectivity index (χ0) is 15.9. The minimum Gasteiger partial charge on any atom is -0.383 e. The standard InChI is InChI=1S/C18H22N2O2.ClH/c1-13(20-18(21)17(19)12-22-2)14-8-10-16(11-9-14)15-6-4-3-5-7-15;/h3-11,13,17H,12,19H2,1-2H3,(H,20,21);1H. The Morgan fingerprint density at radius 2 is 1.65 bits per heavy atom. The molecule has 0 heterocycles. The van der Waals surface area contributed by atoms with Gasteiger partial charge in [-0.15, -0.1) is 12.4 Å². The second-order valence-electron chi connectivity index (χ2n) is 5.28. The van der Waals surface area contributed by atoms with Crippen molar-refractivity contribution in [3.63, 3.8) is 0 Å². The molecule has 3 N–H and O–H groups in total. The zero-order valence-electron chi connectivity index (χ0n) is 13.4. The van der Waals surface area contributed by atoms with Crippen LogP contribution in [0.3, 0.4) is 0 Å². The van der Waals surface area contributed by atoms with Gasteiger partial charge in [0.1, 0.15) is 6.04 Å². The number of nitrogens with one attached hydrogen (secondary N) is 1. The minimum atomic E-state index is -0.643. The van der Waals surface area contributed by atoms with Gasteiger partial charge in [0.25, 0.3) is 0 Å². The van der Waals surface area contributed by atoms with Crippen LogP contribution in [-0.4, -0.2) is 25.7 Å². The highest BCUT2D eigenvalue weighted by molar-refractivity contribution is 5.85. The lowest BCUT2D eigenvalue weighted by molar-refractivity contribution is -0.124. The average Bonchev–Trinajstić information content (AvgIpc) is 2.56. The van der Waals surface area contributed by atoms with Gasteiger partial charge in [0, 0.05) is 7.11 Å². The SMILES string of the molecule is COCC(N)C(=O)NC(C)c1ccc(-c2ccccc2)cc1.Cl. The maximum atomic E-state index is 11.9. The van der Waals surface area contributed by atoms with E-state index in [0.29, 0.717) is 0 Å². The molecule has 0 bridgehead atoms. The van der Waals surface area contributed by atoms with E-state index in [-0.39, 0.29) is 31.0 Å². The summed E-state index contributed by atoms with van der Waals surface area (Å²) < 4.78 is 4.89. The van der Waals surface area contributed by atoms with Crippen LogP contribution in [0, 0.1) is 0 Å². The third kappa shape index (κ3) is 5.36. The predicted octanol–water partition coefficient (Wildman–Crippen LogP) is 2.93. The lowest BCUT2D eigenvalue weighted by atomic mass is 10.0. The second kappa shape index (κ2) is 9.30. The van der Waals surface area contributed by atoms with E-state index >= 15 is 0 Å². The number of methoxy groups -OCH3 is 1. The smallest absolute Gasteiger partial charge is 0.239 e. The Morgan fingerprint density at radius 1 is 1.09 bits per heavy atom. The van der Waals surface area contributed by atoms with Crippen molar-refractivity contribution in [2.24, 2.45) is 5.73 Å². The normalized spacial score (nSPS) is 12.8. The van der Waals surface area contributed by atoms with Crippen molar-refractivity contribution in [1.29, 1.82) is 0 Å². The summed E-state index contributed by atoms with van der Waals surface area (Å²) in [5, 5.41) is 2.90. The molecule has 0 aliphatic rings. The molecule has 0 aliphatic heterocycles. The molecule has 2 atom stereocenters. The number of benzene rings is 2. The summed E-state index contributed by atoms with van der Waals surface area (Å²) in [4.78, 5) is 11.9. The molecule has 0 spiro atoms. The number of carbonyl (C=O) groups excluding carboxylic acids is 1. The van der Waals surface area contributed by atoms with Gasteiger partial charge < -0.3 is 15.8 Å². The van der Waals surface area contributed by atoms with Gasteiger partial charge >= 0.3 is 0 Å². The first kappa shape index (κ1) is 19.2. The highest BCUT2D eigenvalue weighted by atomic mass is 35.5. The Hall–Kier alpha value is -1.88. The zero-order valence-corrected chi connectivity index (χ0v) is 14.2. The molecule has 0 saturated carbocycles. The third-order valence-corrected chi connectivity index (χ3v) is 3.56. The molecular formula is C18H23ClN2O2. The van der Waals surface area contributed by atoms with Gasteiger partial charge in [-0.2, -0.15) is 0 Å². The summed E-state index contributed by atoms with van der Waals surface area (Å²) in [5.41, 5.74) is 9.08. The minimum absolute atomic E-state index is 0. The maximum Gasteiger partial charge on any atom is 0.239 e. The number of rotatable bonds is 6. The van der Waals surface area contributed by atoms with Crippen LogP contribution in [0.2, 0.25) is 0 Å². The number of carbonyl (C=O) groups is 1. The molecule has 2 aromatic carbocycles. The van der Waals surface area contributed by atoms with Crippen molar-refractivity contribution in [2.45, 2.75) is 19.0 Å². The second-order valence-corrected chi connectivity index (χ2v) is 5.28. The quantitative estimate of drug-likeness (QED) is 0.853. The van der Waals surface area contributed by atoms with Crippen molar-refractivity contribution in [2.75, 3.05) is 13.7 Å². The summed E-state index contributed by atoms with van der Waals surface area (Å²) >= 11 is 0. The van der Waals surface area contributed by atoms with Crippen LogP contribution in [0.25, 0.3) is 11.1 Å². The Bertz CT molecular complexity index is 602. The summed E-state index contributed by atoms with van der Waals surface area (Å²) in [5.74, 6) is -0.207. The van der Waals surface area contributed by atoms with Crippen LogP contribution in [0.5, 0.6) is 0 Å². The van der Waals surface area contributed by atoms with Gasteiger partial charge in [-0.3, -0.25) is 4.79 Å². The Kier molecular flexibility index (Phi) is 7.75. The molecule has 4 nitrogen and oxygen atoms in total. The molecule has 2 rings (SSSR count). The van der Waals surface area contributed by atoms with E-state index in [4.69, 9.17) is 10.5 Å². The number of halogens is 1. The first-order valence-electron chi connectivity index (χ1n) is 7.32. The number of amides is 1. The molecule has 0 aliphatic carbocycles. The lowest BCUT2D eigenvalue weighted by Crippen LogP contribution is -2.44.